The number of carbonyl (C=O) groups excluding carboxylic acids is 1. The molecule has 0 aliphatic carbocycles. The van der Waals surface area contributed by atoms with Gasteiger partial charge in [-0.1, -0.05) is 12.1 Å². The maximum atomic E-state index is 13.1. The number of rotatable bonds is 5. The maximum Gasteiger partial charge on any atom is 0.227 e. The molecule has 2 heterocycles. The van der Waals surface area contributed by atoms with Gasteiger partial charge >= 0.3 is 0 Å². The van der Waals surface area contributed by atoms with Crippen LogP contribution in [0.1, 0.15) is 35.6 Å². The lowest BCUT2D eigenvalue weighted by atomic mass is 10.0. The first-order valence-corrected chi connectivity index (χ1v) is 9.45. The lowest BCUT2D eigenvalue weighted by Crippen LogP contribution is -2.32. The second kappa shape index (κ2) is 7.51. The molecule has 0 bridgehead atoms. The van der Waals surface area contributed by atoms with Gasteiger partial charge in [0.1, 0.15) is 17.2 Å². The zero-order valence-corrected chi connectivity index (χ0v) is 15.9. The van der Waals surface area contributed by atoms with E-state index in [1.807, 2.05) is 35.2 Å². The summed E-state index contributed by atoms with van der Waals surface area (Å²) in [4.78, 5) is 15.0. The van der Waals surface area contributed by atoms with Crippen molar-refractivity contribution in [2.24, 2.45) is 0 Å². The molecule has 1 fully saturated rings. The van der Waals surface area contributed by atoms with E-state index in [4.69, 9.17) is 14.2 Å². The number of nitrogens with zero attached hydrogens (tertiary/aromatic N) is 1. The molecule has 0 spiro atoms. The van der Waals surface area contributed by atoms with E-state index in [9.17, 15) is 4.79 Å². The third kappa shape index (κ3) is 3.46. The van der Waals surface area contributed by atoms with E-state index >= 15 is 0 Å². The fourth-order valence-corrected chi connectivity index (χ4v) is 4.11. The third-order valence-corrected chi connectivity index (χ3v) is 5.48. The van der Waals surface area contributed by atoms with Gasteiger partial charge in [0.15, 0.2) is 0 Å². The lowest BCUT2D eigenvalue weighted by molar-refractivity contribution is -0.131. The van der Waals surface area contributed by atoms with E-state index in [1.165, 1.54) is 5.56 Å². The van der Waals surface area contributed by atoms with Crippen LogP contribution in [-0.4, -0.2) is 38.2 Å². The number of benzene rings is 2. The maximum absolute atomic E-state index is 13.1. The Morgan fingerprint density at radius 3 is 2.89 bits per heavy atom. The highest BCUT2D eigenvalue weighted by Gasteiger charge is 2.32. The molecule has 27 heavy (non-hydrogen) atoms. The standard InChI is InChI=1S/C22H25NO4/c1-25-17-6-7-18(21(14-17)26-2)19-4-3-10-23(19)22(24)13-15-5-8-20-16(12-15)9-11-27-20/h5-8,12,14,19H,3-4,9-11,13H2,1-2H3. The molecule has 2 aliphatic rings. The summed E-state index contributed by atoms with van der Waals surface area (Å²) in [7, 11) is 3.30. The molecule has 1 amide bonds. The number of methoxy groups -OCH3 is 2. The van der Waals surface area contributed by atoms with Crippen molar-refractivity contribution in [1.82, 2.24) is 4.90 Å². The summed E-state index contributed by atoms with van der Waals surface area (Å²) in [6.07, 6.45) is 3.30. The van der Waals surface area contributed by atoms with Crippen LogP contribution in [0.3, 0.4) is 0 Å². The number of fused-ring (bicyclic) bond motifs is 1. The predicted molar refractivity (Wildman–Crippen MR) is 103 cm³/mol. The molecule has 142 valence electrons. The van der Waals surface area contributed by atoms with Gasteiger partial charge in [-0.05, 0) is 42.2 Å². The Kier molecular flexibility index (Phi) is 4.92. The van der Waals surface area contributed by atoms with Gasteiger partial charge in [-0.2, -0.15) is 0 Å². The molecule has 5 heteroatoms. The molecule has 0 saturated carbocycles. The quantitative estimate of drug-likeness (QED) is 0.811. The highest BCUT2D eigenvalue weighted by Crippen LogP contribution is 2.39. The topological polar surface area (TPSA) is 48.0 Å². The molecule has 1 unspecified atom stereocenters. The highest BCUT2D eigenvalue weighted by molar-refractivity contribution is 5.80. The predicted octanol–water partition coefficient (Wildman–Crippen LogP) is 3.54. The Morgan fingerprint density at radius 1 is 1.19 bits per heavy atom. The Morgan fingerprint density at radius 2 is 2.07 bits per heavy atom. The fourth-order valence-electron chi connectivity index (χ4n) is 4.11. The normalized spacial score (nSPS) is 18.1. The van der Waals surface area contributed by atoms with Crippen LogP contribution in [0.2, 0.25) is 0 Å². The number of carbonyl (C=O) groups is 1. The Labute approximate surface area is 159 Å². The van der Waals surface area contributed by atoms with Gasteiger partial charge in [0.05, 0.1) is 33.3 Å². The average molecular weight is 367 g/mol. The third-order valence-electron chi connectivity index (χ3n) is 5.48. The summed E-state index contributed by atoms with van der Waals surface area (Å²) in [5.74, 6) is 2.64. The fraction of sp³-hybridized carbons (Fsp3) is 0.409. The van der Waals surface area contributed by atoms with E-state index in [2.05, 4.69) is 6.07 Å². The zero-order valence-electron chi connectivity index (χ0n) is 15.9. The number of amides is 1. The number of ether oxygens (including phenoxy) is 3. The van der Waals surface area contributed by atoms with Gasteiger partial charge in [0, 0.05) is 24.6 Å². The average Bonchev–Trinajstić information content (AvgIpc) is 3.36. The van der Waals surface area contributed by atoms with Crippen LogP contribution >= 0.6 is 0 Å². The van der Waals surface area contributed by atoms with E-state index < -0.39 is 0 Å². The van der Waals surface area contributed by atoms with Crippen LogP contribution in [0, 0.1) is 0 Å². The molecule has 0 N–H and O–H groups in total. The minimum absolute atomic E-state index is 0.0520. The minimum Gasteiger partial charge on any atom is -0.497 e. The number of hydrogen-bond donors (Lipinski definition) is 0. The smallest absolute Gasteiger partial charge is 0.227 e. The van der Waals surface area contributed by atoms with Crippen molar-refractivity contribution in [3.63, 3.8) is 0 Å². The largest absolute Gasteiger partial charge is 0.497 e. The van der Waals surface area contributed by atoms with Crippen LogP contribution in [0.4, 0.5) is 0 Å². The summed E-state index contributed by atoms with van der Waals surface area (Å²) in [6, 6.07) is 12.0. The monoisotopic (exact) mass is 367 g/mol. The molecule has 4 rings (SSSR count). The second-order valence-corrected chi connectivity index (χ2v) is 7.07. The molecule has 0 aromatic heterocycles. The molecule has 1 saturated heterocycles. The second-order valence-electron chi connectivity index (χ2n) is 7.07. The molecular weight excluding hydrogens is 342 g/mol. The Hall–Kier alpha value is -2.69. The van der Waals surface area contributed by atoms with E-state index in [0.29, 0.717) is 6.42 Å². The van der Waals surface area contributed by atoms with Gasteiger partial charge in [-0.25, -0.2) is 0 Å². The zero-order chi connectivity index (χ0) is 18.8. The van der Waals surface area contributed by atoms with Gasteiger partial charge in [-0.15, -0.1) is 0 Å². The van der Waals surface area contributed by atoms with Crippen molar-refractivity contribution in [3.05, 3.63) is 53.1 Å². The van der Waals surface area contributed by atoms with Gasteiger partial charge in [-0.3, -0.25) is 4.79 Å². The van der Waals surface area contributed by atoms with Crippen LogP contribution in [0.15, 0.2) is 36.4 Å². The van der Waals surface area contributed by atoms with Gasteiger partial charge < -0.3 is 19.1 Å². The van der Waals surface area contributed by atoms with Crippen LogP contribution in [0.5, 0.6) is 17.2 Å². The Bertz CT molecular complexity index is 848. The first kappa shape index (κ1) is 17.7. The lowest BCUT2D eigenvalue weighted by Gasteiger charge is -2.27. The van der Waals surface area contributed by atoms with Gasteiger partial charge in [0.25, 0.3) is 0 Å². The number of likely N-dealkylation sites (tertiary alicyclic amines) is 1. The molecular formula is C22H25NO4. The molecule has 0 radical (unpaired) electrons. The number of hydrogen-bond acceptors (Lipinski definition) is 4. The van der Waals surface area contributed by atoms with Crippen molar-refractivity contribution in [2.45, 2.75) is 31.7 Å². The van der Waals surface area contributed by atoms with Crippen molar-refractivity contribution in [2.75, 3.05) is 27.4 Å². The molecule has 1 atom stereocenters. The Balaban J connectivity index is 1.53. The molecule has 2 aromatic carbocycles. The van der Waals surface area contributed by atoms with E-state index in [0.717, 1.165) is 60.8 Å². The summed E-state index contributed by atoms with van der Waals surface area (Å²) >= 11 is 0. The first-order chi connectivity index (χ1) is 13.2. The van der Waals surface area contributed by atoms with Gasteiger partial charge in [0.2, 0.25) is 5.91 Å². The summed E-state index contributed by atoms with van der Waals surface area (Å²) in [6.45, 7) is 1.52. The molecule has 5 nitrogen and oxygen atoms in total. The van der Waals surface area contributed by atoms with Crippen molar-refractivity contribution >= 4 is 5.91 Å². The van der Waals surface area contributed by atoms with Crippen molar-refractivity contribution < 1.29 is 19.0 Å². The first-order valence-electron chi connectivity index (χ1n) is 9.45. The molecule has 2 aromatic rings. The van der Waals surface area contributed by atoms with Crippen molar-refractivity contribution in [1.29, 1.82) is 0 Å². The van der Waals surface area contributed by atoms with Crippen LogP contribution in [-0.2, 0) is 17.6 Å². The van der Waals surface area contributed by atoms with E-state index in [-0.39, 0.29) is 11.9 Å². The van der Waals surface area contributed by atoms with Crippen molar-refractivity contribution in [3.8, 4) is 17.2 Å². The minimum atomic E-state index is 0.0520. The summed E-state index contributed by atoms with van der Waals surface area (Å²) < 4.78 is 16.4. The summed E-state index contributed by atoms with van der Waals surface area (Å²) in [5.41, 5.74) is 3.30. The molecule has 2 aliphatic heterocycles. The van der Waals surface area contributed by atoms with Crippen LogP contribution in [0.25, 0.3) is 0 Å². The SMILES string of the molecule is COc1ccc(C2CCCN2C(=O)Cc2ccc3c(c2)CCO3)c(OC)c1. The summed E-state index contributed by atoms with van der Waals surface area (Å²) in [5, 5.41) is 0. The van der Waals surface area contributed by atoms with Crippen LogP contribution < -0.4 is 14.2 Å². The highest BCUT2D eigenvalue weighted by atomic mass is 16.5. The van der Waals surface area contributed by atoms with E-state index in [1.54, 1.807) is 14.2 Å².